The van der Waals surface area contributed by atoms with E-state index in [1.807, 2.05) is 0 Å². The van der Waals surface area contributed by atoms with Gasteiger partial charge in [0, 0.05) is 6.07 Å². The molecule has 1 amide bonds. The van der Waals surface area contributed by atoms with Crippen LogP contribution >= 0.6 is 0 Å². The number of amides is 1. The zero-order chi connectivity index (χ0) is 11.3. The molecular weight excluding hydrogens is 222 g/mol. The van der Waals surface area contributed by atoms with Crippen molar-refractivity contribution in [3.05, 3.63) is 12.3 Å². The highest BCUT2D eigenvalue weighted by atomic mass is 32.2. The van der Waals surface area contributed by atoms with Gasteiger partial charge in [-0.1, -0.05) is 0 Å². The molecule has 1 rings (SSSR count). The first-order valence-electron chi connectivity index (χ1n) is 4.09. The Hall–Kier alpha value is -1.41. The van der Waals surface area contributed by atoms with E-state index in [1.54, 1.807) is 6.07 Å². The van der Waals surface area contributed by atoms with E-state index in [0.717, 1.165) is 6.26 Å². The molecule has 0 aliphatic rings. The summed E-state index contributed by atoms with van der Waals surface area (Å²) >= 11 is 0. The summed E-state index contributed by atoms with van der Waals surface area (Å²) in [5.41, 5.74) is 0. The van der Waals surface area contributed by atoms with Gasteiger partial charge < -0.3 is 5.32 Å². The molecule has 0 bridgehead atoms. The summed E-state index contributed by atoms with van der Waals surface area (Å²) in [7, 11) is -3.43. The van der Waals surface area contributed by atoms with Gasteiger partial charge in [0.05, 0.1) is 25.6 Å². The Morgan fingerprint density at radius 1 is 1.67 bits per heavy atom. The van der Waals surface area contributed by atoms with Gasteiger partial charge >= 0.3 is 0 Å². The molecule has 1 N–H and O–H groups in total. The summed E-state index contributed by atoms with van der Waals surface area (Å²) in [5.74, 6) is 0.488. The van der Waals surface area contributed by atoms with Crippen molar-refractivity contribution < 1.29 is 17.4 Å². The lowest BCUT2D eigenvalue weighted by Gasteiger charge is -2.05. The Morgan fingerprint density at radius 2 is 2.40 bits per heavy atom. The smallest absolute Gasteiger partial charge is 0.264 e. The SMILES string of the molecule is CS(=O)(=O)OCCn1nccc1NC=O. The van der Waals surface area contributed by atoms with Crippen molar-refractivity contribution in [1.82, 2.24) is 9.78 Å². The van der Waals surface area contributed by atoms with E-state index in [9.17, 15) is 13.2 Å². The maximum absolute atomic E-state index is 10.6. The van der Waals surface area contributed by atoms with Crippen LogP contribution < -0.4 is 5.32 Å². The van der Waals surface area contributed by atoms with Gasteiger partial charge in [-0.2, -0.15) is 13.5 Å². The highest BCUT2D eigenvalue weighted by Crippen LogP contribution is 2.04. The van der Waals surface area contributed by atoms with Crippen molar-refractivity contribution >= 4 is 22.3 Å². The highest BCUT2D eigenvalue weighted by molar-refractivity contribution is 7.85. The standard InChI is InChI=1S/C7H11N3O4S/c1-15(12,13)14-5-4-10-7(8-6-11)2-3-9-10/h2-3,6H,4-5H2,1H3,(H,8,11). The van der Waals surface area contributed by atoms with Gasteiger partial charge in [-0.25, -0.2) is 4.68 Å². The van der Waals surface area contributed by atoms with Crippen molar-refractivity contribution in [3.63, 3.8) is 0 Å². The van der Waals surface area contributed by atoms with E-state index in [2.05, 4.69) is 14.6 Å². The van der Waals surface area contributed by atoms with Crippen LogP contribution in [0.1, 0.15) is 0 Å². The zero-order valence-electron chi connectivity index (χ0n) is 8.08. The number of aromatic nitrogens is 2. The molecule has 84 valence electrons. The van der Waals surface area contributed by atoms with Crippen molar-refractivity contribution in [2.24, 2.45) is 0 Å². The molecule has 0 radical (unpaired) electrons. The summed E-state index contributed by atoms with van der Waals surface area (Å²) in [6, 6.07) is 1.59. The molecule has 0 spiro atoms. The van der Waals surface area contributed by atoms with E-state index in [0.29, 0.717) is 12.2 Å². The Kier molecular flexibility index (Phi) is 3.81. The molecule has 0 aliphatic carbocycles. The molecule has 1 aromatic heterocycles. The number of carbonyl (C=O) groups is 1. The van der Waals surface area contributed by atoms with Gasteiger partial charge in [0.15, 0.2) is 0 Å². The quantitative estimate of drug-likeness (QED) is 0.524. The van der Waals surface area contributed by atoms with Crippen molar-refractivity contribution in [1.29, 1.82) is 0 Å². The summed E-state index contributed by atoms with van der Waals surface area (Å²) in [4.78, 5) is 10.2. The fourth-order valence-corrected chi connectivity index (χ4v) is 1.35. The number of carbonyl (C=O) groups excluding carboxylic acids is 1. The minimum absolute atomic E-state index is 0.0198. The number of rotatable bonds is 6. The van der Waals surface area contributed by atoms with Crippen LogP contribution in [0.4, 0.5) is 5.82 Å². The van der Waals surface area contributed by atoms with Gasteiger partial charge in [0.1, 0.15) is 5.82 Å². The van der Waals surface area contributed by atoms with Gasteiger partial charge in [-0.15, -0.1) is 0 Å². The molecule has 15 heavy (non-hydrogen) atoms. The lowest BCUT2D eigenvalue weighted by atomic mass is 10.6. The van der Waals surface area contributed by atoms with E-state index >= 15 is 0 Å². The topological polar surface area (TPSA) is 90.3 Å². The van der Waals surface area contributed by atoms with Crippen molar-refractivity contribution in [3.8, 4) is 0 Å². The fraction of sp³-hybridized carbons (Fsp3) is 0.429. The van der Waals surface area contributed by atoms with Crippen molar-refractivity contribution in [2.45, 2.75) is 6.54 Å². The summed E-state index contributed by atoms with van der Waals surface area (Å²) in [6.07, 6.45) is 2.98. The van der Waals surface area contributed by atoms with Crippen LogP contribution in [0.15, 0.2) is 12.3 Å². The number of anilines is 1. The lowest BCUT2D eigenvalue weighted by Crippen LogP contribution is -2.13. The summed E-state index contributed by atoms with van der Waals surface area (Å²) in [5, 5.41) is 6.29. The third-order valence-electron chi connectivity index (χ3n) is 1.52. The summed E-state index contributed by atoms with van der Waals surface area (Å²) in [6.45, 7) is 0.226. The molecule has 1 aromatic rings. The average Bonchev–Trinajstić information content (AvgIpc) is 2.51. The molecule has 0 aromatic carbocycles. The van der Waals surface area contributed by atoms with Gasteiger partial charge in [-0.05, 0) is 0 Å². The Labute approximate surface area is 87.2 Å². The molecule has 0 aliphatic heterocycles. The fourth-order valence-electron chi connectivity index (χ4n) is 0.969. The normalized spacial score (nSPS) is 11.3. The number of nitrogens with one attached hydrogen (secondary N) is 1. The second kappa shape index (κ2) is 4.89. The Morgan fingerprint density at radius 3 is 3.00 bits per heavy atom. The van der Waals surface area contributed by atoms with E-state index in [4.69, 9.17) is 0 Å². The average molecular weight is 233 g/mol. The van der Waals surface area contributed by atoms with E-state index < -0.39 is 10.1 Å². The summed E-state index contributed by atoms with van der Waals surface area (Å²) < 4.78 is 27.3. The third kappa shape index (κ3) is 4.09. The number of hydrogen-bond acceptors (Lipinski definition) is 5. The van der Waals surface area contributed by atoms with Crippen LogP contribution in [0, 0.1) is 0 Å². The molecule has 0 unspecified atom stereocenters. The van der Waals surface area contributed by atoms with E-state index in [-0.39, 0.29) is 13.2 Å². The largest absolute Gasteiger partial charge is 0.314 e. The van der Waals surface area contributed by atoms with Crippen LogP contribution in [-0.4, -0.2) is 37.5 Å². The van der Waals surface area contributed by atoms with Gasteiger partial charge in [0.25, 0.3) is 10.1 Å². The van der Waals surface area contributed by atoms with Crippen LogP contribution in [0.2, 0.25) is 0 Å². The molecule has 8 heteroatoms. The molecule has 7 nitrogen and oxygen atoms in total. The van der Waals surface area contributed by atoms with Crippen LogP contribution in [0.3, 0.4) is 0 Å². The predicted molar refractivity (Wildman–Crippen MR) is 52.7 cm³/mol. The molecule has 0 atom stereocenters. The minimum Gasteiger partial charge on any atom is -0.314 e. The predicted octanol–water partition coefficient (Wildman–Crippen LogP) is -0.572. The molecule has 0 saturated carbocycles. The first-order valence-corrected chi connectivity index (χ1v) is 5.91. The second-order valence-corrected chi connectivity index (χ2v) is 4.37. The first kappa shape index (κ1) is 11.7. The van der Waals surface area contributed by atoms with Crippen LogP contribution in [0.5, 0.6) is 0 Å². The number of nitrogens with zero attached hydrogens (tertiary/aromatic N) is 2. The Bertz CT molecular complexity index is 425. The maximum atomic E-state index is 10.6. The lowest BCUT2D eigenvalue weighted by molar-refractivity contribution is -0.105. The third-order valence-corrected chi connectivity index (χ3v) is 2.12. The monoisotopic (exact) mass is 233 g/mol. The minimum atomic E-state index is -3.43. The number of hydrogen-bond donors (Lipinski definition) is 1. The first-order chi connectivity index (χ1) is 7.03. The molecule has 1 heterocycles. The zero-order valence-corrected chi connectivity index (χ0v) is 8.90. The maximum Gasteiger partial charge on any atom is 0.264 e. The highest BCUT2D eigenvalue weighted by Gasteiger charge is 2.04. The van der Waals surface area contributed by atoms with Gasteiger partial charge in [-0.3, -0.25) is 8.98 Å². The van der Waals surface area contributed by atoms with Gasteiger partial charge in [0.2, 0.25) is 6.41 Å². The molecule has 0 fully saturated rings. The Balaban J connectivity index is 2.50. The van der Waals surface area contributed by atoms with Crippen LogP contribution in [0.25, 0.3) is 0 Å². The van der Waals surface area contributed by atoms with Crippen molar-refractivity contribution in [2.75, 3.05) is 18.2 Å². The molecular formula is C7H11N3O4S. The molecule has 0 saturated heterocycles. The van der Waals surface area contributed by atoms with E-state index in [1.165, 1.54) is 10.9 Å². The second-order valence-electron chi connectivity index (χ2n) is 2.73. The van der Waals surface area contributed by atoms with Crippen LogP contribution in [-0.2, 0) is 25.6 Å².